The zero-order valence-electron chi connectivity index (χ0n) is 16.1. The molecule has 144 valence electrons. The average molecular weight is 389 g/mol. The number of guanidine groups is 1. The van der Waals surface area contributed by atoms with Crippen LogP contribution in [-0.4, -0.2) is 51.0 Å². The third kappa shape index (κ3) is 9.79. The largest absolute Gasteiger partial charge is 0.357 e. The van der Waals surface area contributed by atoms with Crippen molar-refractivity contribution in [3.63, 3.8) is 0 Å². The number of aryl methyl sites for hydroxylation is 1. The molecule has 0 spiro atoms. The van der Waals surface area contributed by atoms with Gasteiger partial charge in [-0.05, 0) is 25.2 Å². The Morgan fingerprint density at radius 3 is 2.60 bits per heavy atom. The van der Waals surface area contributed by atoms with Crippen molar-refractivity contribution in [3.8, 4) is 0 Å². The Morgan fingerprint density at radius 1 is 1.32 bits per heavy atom. The van der Waals surface area contributed by atoms with Crippen molar-refractivity contribution in [2.45, 2.75) is 47.0 Å². The van der Waals surface area contributed by atoms with Crippen LogP contribution < -0.4 is 10.6 Å². The fraction of sp³-hybridized carbons (Fsp3) is 0.765. The van der Waals surface area contributed by atoms with Crippen LogP contribution in [0, 0.1) is 5.41 Å². The first-order chi connectivity index (χ1) is 11.6. The summed E-state index contributed by atoms with van der Waals surface area (Å²) in [6.07, 6.45) is 5.72. The Kier molecular flexibility index (Phi) is 8.85. The molecular formula is C17H32N4O2S2. The van der Waals surface area contributed by atoms with E-state index in [4.69, 9.17) is 0 Å². The lowest BCUT2D eigenvalue weighted by Gasteiger charge is -2.22. The van der Waals surface area contributed by atoms with Gasteiger partial charge in [0.15, 0.2) is 5.96 Å². The first kappa shape index (κ1) is 21.9. The van der Waals surface area contributed by atoms with Gasteiger partial charge in [0, 0.05) is 43.4 Å². The Morgan fingerprint density at radius 2 is 2.04 bits per heavy atom. The molecule has 8 heteroatoms. The molecule has 0 saturated heterocycles. The Balaban J connectivity index is 2.51. The van der Waals surface area contributed by atoms with E-state index in [1.807, 2.05) is 27.0 Å². The number of hydrogen-bond acceptors (Lipinski definition) is 5. The third-order valence-corrected chi connectivity index (χ3v) is 5.89. The van der Waals surface area contributed by atoms with Gasteiger partial charge in [-0.2, -0.15) is 0 Å². The zero-order chi connectivity index (χ0) is 18.9. The summed E-state index contributed by atoms with van der Waals surface area (Å²) < 4.78 is 22.7. The van der Waals surface area contributed by atoms with E-state index >= 15 is 0 Å². The molecule has 0 amide bonds. The molecule has 0 aliphatic rings. The van der Waals surface area contributed by atoms with Gasteiger partial charge in [0.05, 0.1) is 10.8 Å². The summed E-state index contributed by atoms with van der Waals surface area (Å²) in [6.45, 7) is 10.4. The summed E-state index contributed by atoms with van der Waals surface area (Å²) in [5.41, 5.74) is -0.156. The summed E-state index contributed by atoms with van der Waals surface area (Å²) in [4.78, 5) is 10.4. The van der Waals surface area contributed by atoms with Crippen LogP contribution >= 0.6 is 11.3 Å². The van der Waals surface area contributed by atoms with Crippen LogP contribution in [0.1, 0.15) is 44.0 Å². The summed E-state index contributed by atoms with van der Waals surface area (Å²) in [5.74, 6) is 0.964. The molecule has 0 bridgehead atoms. The molecular weight excluding hydrogens is 356 g/mol. The smallest absolute Gasteiger partial charge is 0.191 e. The van der Waals surface area contributed by atoms with Gasteiger partial charge < -0.3 is 10.6 Å². The van der Waals surface area contributed by atoms with Gasteiger partial charge in [-0.15, -0.1) is 11.3 Å². The lowest BCUT2D eigenvalue weighted by Crippen LogP contribution is -2.39. The molecule has 2 N–H and O–H groups in total. The Hall–Kier alpha value is -1.15. The SMILES string of the molecule is CCNC(=NCC(C)(C)CCS(C)(=O)=O)NCCc1ncc(CC)s1. The van der Waals surface area contributed by atoms with Gasteiger partial charge >= 0.3 is 0 Å². The van der Waals surface area contributed by atoms with E-state index in [0.29, 0.717) is 13.0 Å². The number of thiazole rings is 1. The van der Waals surface area contributed by atoms with Gasteiger partial charge in [0.25, 0.3) is 0 Å². The maximum atomic E-state index is 11.4. The predicted octanol–water partition coefficient (Wildman–Crippen LogP) is 2.26. The topological polar surface area (TPSA) is 83.5 Å². The lowest BCUT2D eigenvalue weighted by atomic mass is 9.90. The number of hydrogen-bond donors (Lipinski definition) is 2. The maximum Gasteiger partial charge on any atom is 0.191 e. The molecule has 0 aliphatic heterocycles. The van der Waals surface area contributed by atoms with Crippen molar-refractivity contribution in [1.29, 1.82) is 0 Å². The minimum Gasteiger partial charge on any atom is -0.357 e. The van der Waals surface area contributed by atoms with Gasteiger partial charge in [0.2, 0.25) is 0 Å². The van der Waals surface area contributed by atoms with Crippen molar-refractivity contribution in [2.75, 3.05) is 31.6 Å². The second-order valence-corrected chi connectivity index (χ2v) is 10.4. The molecule has 0 fully saturated rings. The van der Waals surface area contributed by atoms with Crippen LogP contribution in [-0.2, 0) is 22.7 Å². The monoisotopic (exact) mass is 388 g/mol. The van der Waals surface area contributed by atoms with Crippen LogP contribution in [0.2, 0.25) is 0 Å². The first-order valence-electron chi connectivity index (χ1n) is 8.78. The maximum absolute atomic E-state index is 11.4. The highest BCUT2D eigenvalue weighted by Crippen LogP contribution is 2.21. The molecule has 1 heterocycles. The Labute approximate surface area is 156 Å². The second-order valence-electron chi connectivity index (χ2n) is 6.99. The van der Waals surface area contributed by atoms with Crippen molar-refractivity contribution in [3.05, 3.63) is 16.1 Å². The first-order valence-corrected chi connectivity index (χ1v) is 11.7. The summed E-state index contributed by atoms with van der Waals surface area (Å²) in [5, 5.41) is 7.70. The quantitative estimate of drug-likeness (QED) is 0.474. The highest BCUT2D eigenvalue weighted by molar-refractivity contribution is 7.90. The second kappa shape index (κ2) is 10.1. The summed E-state index contributed by atoms with van der Waals surface area (Å²) in [6, 6.07) is 0. The number of aliphatic imine (C=N–C) groups is 1. The number of nitrogens with zero attached hydrogens (tertiary/aromatic N) is 2. The van der Waals surface area contributed by atoms with Gasteiger partial charge in [-0.3, -0.25) is 4.99 Å². The average Bonchev–Trinajstić information content (AvgIpc) is 2.98. The van der Waals surface area contributed by atoms with E-state index in [-0.39, 0.29) is 11.2 Å². The van der Waals surface area contributed by atoms with E-state index in [1.165, 1.54) is 11.1 Å². The molecule has 0 aliphatic carbocycles. The minimum atomic E-state index is -2.94. The molecule has 0 radical (unpaired) electrons. The lowest BCUT2D eigenvalue weighted by molar-refractivity contribution is 0.365. The van der Waals surface area contributed by atoms with Crippen molar-refractivity contribution in [2.24, 2.45) is 10.4 Å². The highest BCUT2D eigenvalue weighted by Gasteiger charge is 2.20. The molecule has 0 atom stereocenters. The van der Waals surface area contributed by atoms with Gasteiger partial charge in [0.1, 0.15) is 9.84 Å². The van der Waals surface area contributed by atoms with E-state index in [1.54, 1.807) is 11.3 Å². The highest BCUT2D eigenvalue weighted by atomic mass is 32.2. The number of nitrogens with one attached hydrogen (secondary N) is 2. The molecule has 6 nitrogen and oxygen atoms in total. The van der Waals surface area contributed by atoms with Crippen LogP contribution in [0.15, 0.2) is 11.2 Å². The Bertz CT molecular complexity index is 651. The minimum absolute atomic E-state index is 0.156. The standard InChI is InChI=1S/C17H32N4O2S2/c1-6-14-12-20-15(24-14)8-10-19-16(18-7-2)21-13-17(3,4)9-11-25(5,22)23/h12H,6-11,13H2,1-5H3,(H2,18,19,21). The van der Waals surface area contributed by atoms with Crippen LogP contribution in [0.3, 0.4) is 0 Å². The molecule has 0 unspecified atom stereocenters. The van der Waals surface area contributed by atoms with Gasteiger partial charge in [-0.1, -0.05) is 20.8 Å². The number of rotatable bonds is 10. The molecule has 25 heavy (non-hydrogen) atoms. The van der Waals surface area contributed by atoms with Crippen molar-refractivity contribution < 1.29 is 8.42 Å². The normalized spacial score (nSPS) is 13.1. The molecule has 0 saturated carbocycles. The predicted molar refractivity (Wildman–Crippen MR) is 107 cm³/mol. The van der Waals surface area contributed by atoms with Crippen LogP contribution in [0.4, 0.5) is 0 Å². The van der Waals surface area contributed by atoms with Crippen LogP contribution in [0.25, 0.3) is 0 Å². The fourth-order valence-electron chi connectivity index (χ4n) is 2.09. The van der Waals surface area contributed by atoms with Crippen molar-refractivity contribution >= 4 is 27.1 Å². The molecule has 1 aromatic rings. The molecule has 0 aromatic carbocycles. The number of sulfone groups is 1. The molecule has 1 rings (SSSR count). The molecule has 1 aromatic heterocycles. The van der Waals surface area contributed by atoms with E-state index < -0.39 is 9.84 Å². The summed E-state index contributed by atoms with van der Waals surface area (Å²) in [7, 11) is -2.94. The van der Waals surface area contributed by atoms with E-state index in [0.717, 1.165) is 36.9 Å². The van der Waals surface area contributed by atoms with Crippen LogP contribution in [0.5, 0.6) is 0 Å². The van der Waals surface area contributed by atoms with E-state index in [2.05, 4.69) is 27.5 Å². The summed E-state index contributed by atoms with van der Waals surface area (Å²) >= 11 is 1.76. The number of aromatic nitrogens is 1. The third-order valence-electron chi connectivity index (χ3n) is 3.74. The fourth-order valence-corrected chi connectivity index (χ4v) is 3.88. The van der Waals surface area contributed by atoms with Crippen molar-refractivity contribution in [1.82, 2.24) is 15.6 Å². The zero-order valence-corrected chi connectivity index (χ0v) is 17.7. The van der Waals surface area contributed by atoms with E-state index in [9.17, 15) is 8.42 Å². The van der Waals surface area contributed by atoms with Gasteiger partial charge in [-0.25, -0.2) is 13.4 Å².